The van der Waals surface area contributed by atoms with E-state index >= 15 is 0 Å². The van der Waals surface area contributed by atoms with Gasteiger partial charge in [0.1, 0.15) is 5.75 Å². The Balaban J connectivity index is 0.00000280. The van der Waals surface area contributed by atoms with Gasteiger partial charge >= 0.3 is 0 Å². The number of carbonyl (C=O) groups is 1. The molecule has 2 aromatic rings. The highest BCUT2D eigenvalue weighted by molar-refractivity contribution is 5.85. The van der Waals surface area contributed by atoms with Gasteiger partial charge in [-0.25, -0.2) is 0 Å². The molecule has 1 aromatic carbocycles. The number of hydrogen-bond acceptors (Lipinski definition) is 4. The van der Waals surface area contributed by atoms with E-state index in [4.69, 9.17) is 10.5 Å². The summed E-state index contributed by atoms with van der Waals surface area (Å²) in [5, 5.41) is 0. The number of nitrogens with two attached hydrogens (primary N) is 1. The summed E-state index contributed by atoms with van der Waals surface area (Å²) < 4.78 is 6.72. The summed E-state index contributed by atoms with van der Waals surface area (Å²) in [6.07, 6.45) is 4.03. The van der Waals surface area contributed by atoms with E-state index in [1.807, 2.05) is 35.2 Å². The molecule has 1 amide bonds. The molecule has 1 fully saturated rings. The zero-order valence-electron chi connectivity index (χ0n) is 16.3. The molecule has 1 aliphatic heterocycles. The molecule has 7 heteroatoms. The lowest BCUT2D eigenvalue weighted by Crippen LogP contribution is -2.47. The fourth-order valence-electron chi connectivity index (χ4n) is 3.59. The van der Waals surface area contributed by atoms with Crippen LogP contribution in [0.25, 0.3) is 0 Å². The lowest BCUT2D eigenvalue weighted by Gasteiger charge is -2.33. The third-order valence-electron chi connectivity index (χ3n) is 5.34. The Labute approximate surface area is 171 Å². The summed E-state index contributed by atoms with van der Waals surface area (Å²) in [5.41, 5.74) is 8.26. The van der Waals surface area contributed by atoms with E-state index in [-0.39, 0.29) is 23.9 Å². The third-order valence-corrected chi connectivity index (χ3v) is 5.34. The Morgan fingerprint density at radius 1 is 1.21 bits per heavy atom. The SMILES string of the molecule is COc1ccc(C[C@H](N)C(=O)N2CCC(c3ccn(C)c(=O)c3)CC2)cc1.Cl. The molecule has 0 saturated carbocycles. The number of pyridine rings is 1. The fourth-order valence-corrected chi connectivity index (χ4v) is 3.59. The molecule has 0 spiro atoms. The van der Waals surface area contributed by atoms with Gasteiger partial charge in [-0.05, 0) is 54.5 Å². The molecule has 0 unspecified atom stereocenters. The second-order valence-electron chi connectivity index (χ2n) is 7.17. The van der Waals surface area contributed by atoms with Crippen molar-refractivity contribution in [3.8, 4) is 5.75 Å². The van der Waals surface area contributed by atoms with Crippen molar-refractivity contribution >= 4 is 18.3 Å². The number of ether oxygens (including phenoxy) is 1. The number of nitrogens with zero attached hydrogens (tertiary/aromatic N) is 2. The molecule has 1 aromatic heterocycles. The van der Waals surface area contributed by atoms with Gasteiger partial charge < -0.3 is 19.9 Å². The molecule has 28 heavy (non-hydrogen) atoms. The van der Waals surface area contributed by atoms with Crippen LogP contribution in [0.4, 0.5) is 0 Å². The molecule has 152 valence electrons. The van der Waals surface area contributed by atoms with Crippen LogP contribution in [0, 0.1) is 0 Å². The number of amides is 1. The van der Waals surface area contributed by atoms with Crippen molar-refractivity contribution in [1.29, 1.82) is 0 Å². The molecular weight excluding hydrogens is 378 g/mol. The van der Waals surface area contributed by atoms with E-state index in [1.165, 1.54) is 0 Å². The van der Waals surface area contributed by atoms with Crippen molar-refractivity contribution in [2.24, 2.45) is 12.8 Å². The summed E-state index contributed by atoms with van der Waals surface area (Å²) in [7, 11) is 3.37. The first-order valence-electron chi connectivity index (χ1n) is 9.32. The normalized spacial score (nSPS) is 15.6. The lowest BCUT2D eigenvalue weighted by atomic mass is 9.89. The highest BCUT2D eigenvalue weighted by Gasteiger charge is 2.27. The fraction of sp³-hybridized carbons (Fsp3) is 0.429. The average molecular weight is 406 g/mol. The van der Waals surface area contributed by atoms with E-state index in [0.29, 0.717) is 25.4 Å². The van der Waals surface area contributed by atoms with Crippen LogP contribution in [-0.2, 0) is 18.3 Å². The van der Waals surface area contributed by atoms with Gasteiger partial charge in [0.2, 0.25) is 5.91 Å². The highest BCUT2D eigenvalue weighted by atomic mass is 35.5. The zero-order valence-corrected chi connectivity index (χ0v) is 17.2. The number of halogens is 1. The molecule has 0 bridgehead atoms. The van der Waals surface area contributed by atoms with Gasteiger partial charge in [-0.3, -0.25) is 9.59 Å². The van der Waals surface area contributed by atoms with Gasteiger partial charge in [0.05, 0.1) is 13.2 Å². The maximum atomic E-state index is 12.7. The predicted octanol–water partition coefficient (Wildman–Crippen LogP) is 2.09. The van der Waals surface area contributed by atoms with Gasteiger partial charge in [-0.15, -0.1) is 12.4 Å². The van der Waals surface area contributed by atoms with Crippen molar-refractivity contribution in [2.45, 2.75) is 31.2 Å². The minimum Gasteiger partial charge on any atom is -0.497 e. The first-order valence-corrected chi connectivity index (χ1v) is 9.32. The quantitative estimate of drug-likeness (QED) is 0.826. The minimum atomic E-state index is -0.543. The molecular formula is C21H28ClN3O3. The van der Waals surface area contributed by atoms with E-state index in [0.717, 1.165) is 29.7 Å². The van der Waals surface area contributed by atoms with Crippen molar-refractivity contribution in [1.82, 2.24) is 9.47 Å². The molecule has 6 nitrogen and oxygen atoms in total. The standard InChI is InChI=1S/C21H27N3O3.ClH/c1-23-10-7-17(14-20(23)25)16-8-11-24(12-9-16)21(26)19(22)13-15-3-5-18(27-2)6-4-15;/h3-7,10,14,16,19H,8-9,11-13,22H2,1-2H3;1H/t19-;/m0./s1. The molecule has 3 rings (SSSR count). The number of aryl methyl sites for hydroxylation is 1. The number of benzene rings is 1. The van der Waals surface area contributed by atoms with Crippen LogP contribution >= 0.6 is 12.4 Å². The van der Waals surface area contributed by atoms with Crippen LogP contribution < -0.4 is 16.0 Å². The van der Waals surface area contributed by atoms with Crippen LogP contribution in [0.3, 0.4) is 0 Å². The number of methoxy groups -OCH3 is 1. The maximum Gasteiger partial charge on any atom is 0.250 e. The Bertz CT molecular complexity index is 843. The molecule has 1 saturated heterocycles. The van der Waals surface area contributed by atoms with E-state index in [2.05, 4.69) is 0 Å². The average Bonchev–Trinajstić information content (AvgIpc) is 2.70. The molecule has 1 aliphatic rings. The van der Waals surface area contributed by atoms with Crippen LogP contribution in [0.2, 0.25) is 0 Å². The summed E-state index contributed by atoms with van der Waals surface area (Å²) in [6.45, 7) is 1.35. The van der Waals surface area contributed by atoms with Crippen molar-refractivity contribution in [2.75, 3.05) is 20.2 Å². The van der Waals surface area contributed by atoms with E-state index in [9.17, 15) is 9.59 Å². The highest BCUT2D eigenvalue weighted by Crippen LogP contribution is 2.27. The molecule has 0 aliphatic carbocycles. The van der Waals surface area contributed by atoms with Crippen molar-refractivity contribution in [3.05, 3.63) is 64.1 Å². The van der Waals surface area contributed by atoms with Gasteiger partial charge in [-0.1, -0.05) is 12.1 Å². The van der Waals surface area contributed by atoms with Crippen LogP contribution in [-0.4, -0.2) is 41.6 Å². The first-order chi connectivity index (χ1) is 13.0. The van der Waals surface area contributed by atoms with Gasteiger partial charge in [0.25, 0.3) is 5.56 Å². The van der Waals surface area contributed by atoms with Gasteiger partial charge in [0.15, 0.2) is 0 Å². The number of piperidine rings is 1. The maximum absolute atomic E-state index is 12.7. The molecule has 2 N–H and O–H groups in total. The predicted molar refractivity (Wildman–Crippen MR) is 112 cm³/mol. The molecule has 1 atom stereocenters. The van der Waals surface area contributed by atoms with Gasteiger partial charge in [0, 0.05) is 32.4 Å². The smallest absolute Gasteiger partial charge is 0.250 e. The van der Waals surface area contributed by atoms with Crippen LogP contribution in [0.15, 0.2) is 47.4 Å². The largest absolute Gasteiger partial charge is 0.497 e. The van der Waals surface area contributed by atoms with E-state index in [1.54, 1.807) is 31.0 Å². The Kier molecular flexibility index (Phi) is 7.66. The second kappa shape index (κ2) is 9.75. The van der Waals surface area contributed by atoms with Gasteiger partial charge in [-0.2, -0.15) is 0 Å². The number of carbonyl (C=O) groups excluding carboxylic acids is 1. The van der Waals surface area contributed by atoms with Crippen molar-refractivity contribution in [3.63, 3.8) is 0 Å². The number of aromatic nitrogens is 1. The van der Waals surface area contributed by atoms with Crippen LogP contribution in [0.1, 0.15) is 29.9 Å². The number of rotatable bonds is 5. The topological polar surface area (TPSA) is 77.6 Å². The zero-order chi connectivity index (χ0) is 19.4. The van der Waals surface area contributed by atoms with Crippen LogP contribution in [0.5, 0.6) is 5.75 Å². The number of likely N-dealkylation sites (tertiary alicyclic amines) is 1. The summed E-state index contributed by atoms with van der Waals surface area (Å²) in [6, 6.07) is 10.8. The second-order valence-corrected chi connectivity index (χ2v) is 7.17. The van der Waals surface area contributed by atoms with Crippen molar-refractivity contribution < 1.29 is 9.53 Å². The molecule has 0 radical (unpaired) electrons. The molecule has 2 heterocycles. The Morgan fingerprint density at radius 2 is 1.86 bits per heavy atom. The third kappa shape index (κ3) is 5.14. The summed E-state index contributed by atoms with van der Waals surface area (Å²) >= 11 is 0. The summed E-state index contributed by atoms with van der Waals surface area (Å²) in [4.78, 5) is 26.4. The minimum absolute atomic E-state index is 0. The lowest BCUT2D eigenvalue weighted by molar-refractivity contribution is -0.133. The Hall–Kier alpha value is -2.31. The summed E-state index contributed by atoms with van der Waals surface area (Å²) in [5.74, 6) is 1.10. The monoisotopic (exact) mass is 405 g/mol. The first kappa shape index (κ1) is 22.0. The van der Waals surface area contributed by atoms with E-state index < -0.39 is 6.04 Å². The number of hydrogen-bond donors (Lipinski definition) is 1. The Morgan fingerprint density at radius 3 is 2.43 bits per heavy atom.